The first kappa shape index (κ1) is 52.5. The van der Waals surface area contributed by atoms with Gasteiger partial charge in [-0.3, -0.25) is 13.8 Å². The first-order valence-electron chi connectivity index (χ1n) is 22.1. The Morgan fingerprint density at radius 3 is 1.52 bits per heavy atom. The second-order valence-corrected chi connectivity index (χ2v) is 17.6. The largest absolute Gasteiger partial charge is 0.472 e. The van der Waals surface area contributed by atoms with Crippen molar-refractivity contribution in [2.45, 2.75) is 200 Å². The molecule has 318 valence electrons. The zero-order valence-electron chi connectivity index (χ0n) is 35.7. The van der Waals surface area contributed by atoms with Gasteiger partial charge in [-0.2, -0.15) is 0 Å². The minimum absolute atomic E-state index is 0.0181. The van der Waals surface area contributed by atoms with Gasteiger partial charge >= 0.3 is 19.8 Å². The van der Waals surface area contributed by atoms with Gasteiger partial charge in [-0.1, -0.05) is 186 Å². The van der Waals surface area contributed by atoms with Crippen molar-refractivity contribution in [3.63, 3.8) is 0 Å². The number of allylic oxidation sites excluding steroid dienone is 3. The van der Waals surface area contributed by atoms with E-state index in [9.17, 15) is 19.0 Å². The quantitative estimate of drug-likeness (QED) is 0.0163. The van der Waals surface area contributed by atoms with E-state index >= 15 is 0 Å². The second-order valence-electron chi connectivity index (χ2n) is 16.2. The summed E-state index contributed by atoms with van der Waals surface area (Å²) in [5.41, 5.74) is 0. The number of rotatable bonds is 40. The van der Waals surface area contributed by atoms with Gasteiger partial charge < -0.3 is 18.9 Å². The van der Waals surface area contributed by atoms with Crippen LogP contribution in [-0.2, 0) is 32.7 Å². The molecule has 0 aromatic carbocycles. The number of hydrogen-bond donors (Lipinski definition) is 1. The molecule has 10 heteroatoms. The number of esters is 2. The predicted octanol–water partition coefficient (Wildman–Crippen LogP) is 12.4. The van der Waals surface area contributed by atoms with Crippen LogP contribution in [0.1, 0.15) is 194 Å². The number of carbonyl (C=O) groups is 2. The number of likely N-dealkylation sites (N-methyl/N-ethyl adjacent to an activating group) is 1. The molecule has 0 saturated heterocycles. The van der Waals surface area contributed by atoms with E-state index in [0.717, 1.165) is 32.1 Å². The third-order valence-electron chi connectivity index (χ3n) is 9.59. The first-order valence-corrected chi connectivity index (χ1v) is 23.6. The van der Waals surface area contributed by atoms with Crippen molar-refractivity contribution in [2.24, 2.45) is 0 Å². The van der Waals surface area contributed by atoms with Crippen molar-refractivity contribution in [1.82, 2.24) is 0 Å². The van der Waals surface area contributed by atoms with Crippen molar-refractivity contribution in [3.8, 4) is 0 Å². The van der Waals surface area contributed by atoms with Crippen LogP contribution in [0, 0.1) is 0 Å². The molecule has 54 heavy (non-hydrogen) atoms. The Kier molecular flexibility index (Phi) is 36.1. The first-order chi connectivity index (χ1) is 26.0. The average Bonchev–Trinajstić information content (AvgIpc) is 3.12. The van der Waals surface area contributed by atoms with Crippen molar-refractivity contribution in [2.75, 3.05) is 47.5 Å². The molecule has 2 atom stereocenters. The van der Waals surface area contributed by atoms with E-state index in [1.165, 1.54) is 147 Å². The maximum atomic E-state index is 12.6. The highest BCUT2D eigenvalue weighted by Gasteiger charge is 2.26. The second kappa shape index (κ2) is 37.1. The number of phosphoric acid groups is 1. The van der Waals surface area contributed by atoms with E-state index in [1.807, 2.05) is 33.3 Å². The van der Waals surface area contributed by atoms with E-state index in [4.69, 9.17) is 18.5 Å². The fraction of sp³-hybridized carbons (Fsp3) is 0.864. The molecule has 0 amide bonds. The predicted molar refractivity (Wildman–Crippen MR) is 224 cm³/mol. The minimum Gasteiger partial charge on any atom is -0.462 e. The van der Waals surface area contributed by atoms with E-state index in [2.05, 4.69) is 13.8 Å². The van der Waals surface area contributed by atoms with Crippen LogP contribution in [-0.4, -0.2) is 74.9 Å². The van der Waals surface area contributed by atoms with Gasteiger partial charge in [-0.25, -0.2) is 9.36 Å². The van der Waals surface area contributed by atoms with Gasteiger partial charge in [-0.05, 0) is 19.3 Å². The molecule has 0 aromatic rings. The molecular weight excluding hydrogens is 701 g/mol. The van der Waals surface area contributed by atoms with Crippen LogP contribution in [0.5, 0.6) is 0 Å². The summed E-state index contributed by atoms with van der Waals surface area (Å²) < 4.78 is 34.1. The summed E-state index contributed by atoms with van der Waals surface area (Å²) in [5.74, 6) is -1.04. The third-order valence-corrected chi connectivity index (χ3v) is 10.6. The summed E-state index contributed by atoms with van der Waals surface area (Å²) in [6.07, 6.45) is 40.0. The summed E-state index contributed by atoms with van der Waals surface area (Å²) in [4.78, 5) is 35.2. The topological polar surface area (TPSA) is 108 Å². The van der Waals surface area contributed by atoms with E-state index in [0.29, 0.717) is 11.0 Å². The van der Waals surface area contributed by atoms with Gasteiger partial charge in [0.05, 0.1) is 27.7 Å². The van der Waals surface area contributed by atoms with Gasteiger partial charge in [0.15, 0.2) is 6.10 Å². The SMILES string of the molecule is CCCCCCCCCCCCC/C=C/C=C/C(=O)O[C@H](COC(=O)CCCCCCCCCCCCCCCCC)COP(=O)(O)OCC[N+](C)(C)C. The Morgan fingerprint density at radius 2 is 1.06 bits per heavy atom. The Hall–Kier alpha value is -1.51. The van der Waals surface area contributed by atoms with Gasteiger partial charge in [0.1, 0.15) is 19.8 Å². The van der Waals surface area contributed by atoms with Crippen LogP contribution < -0.4 is 0 Å². The van der Waals surface area contributed by atoms with E-state index in [-0.39, 0.29) is 19.6 Å². The number of quaternary nitrogens is 1. The highest BCUT2D eigenvalue weighted by molar-refractivity contribution is 7.47. The summed E-state index contributed by atoms with van der Waals surface area (Å²) in [6, 6.07) is 0. The summed E-state index contributed by atoms with van der Waals surface area (Å²) >= 11 is 0. The van der Waals surface area contributed by atoms with Crippen molar-refractivity contribution in [1.29, 1.82) is 0 Å². The zero-order valence-corrected chi connectivity index (χ0v) is 36.6. The normalized spacial score (nSPS) is 13.8. The van der Waals surface area contributed by atoms with Crippen molar-refractivity contribution in [3.05, 3.63) is 24.3 Å². The Balaban J connectivity index is 4.44. The Morgan fingerprint density at radius 1 is 0.611 bits per heavy atom. The molecule has 1 unspecified atom stereocenters. The van der Waals surface area contributed by atoms with Crippen molar-refractivity contribution < 1.29 is 42.1 Å². The maximum absolute atomic E-state index is 12.6. The smallest absolute Gasteiger partial charge is 0.462 e. The molecule has 0 bridgehead atoms. The molecule has 9 nitrogen and oxygen atoms in total. The lowest BCUT2D eigenvalue weighted by Gasteiger charge is -2.24. The molecular formula is C44H85NO8P+. The molecule has 0 aliphatic rings. The lowest BCUT2D eigenvalue weighted by atomic mass is 10.0. The van der Waals surface area contributed by atoms with Gasteiger partial charge in [0, 0.05) is 12.5 Å². The monoisotopic (exact) mass is 787 g/mol. The fourth-order valence-corrected chi connectivity index (χ4v) is 6.84. The number of ether oxygens (including phenoxy) is 2. The molecule has 0 radical (unpaired) electrons. The zero-order chi connectivity index (χ0) is 40.0. The summed E-state index contributed by atoms with van der Waals surface area (Å²) in [6.45, 7) is 4.31. The molecule has 1 N–H and O–H groups in total. The highest BCUT2D eigenvalue weighted by atomic mass is 31.2. The number of hydrogen-bond acceptors (Lipinski definition) is 7. The van der Waals surface area contributed by atoms with Crippen LogP contribution in [0.3, 0.4) is 0 Å². The molecule has 0 spiro atoms. The minimum atomic E-state index is -4.39. The average molecular weight is 787 g/mol. The van der Waals surface area contributed by atoms with Crippen molar-refractivity contribution >= 4 is 19.8 Å². The van der Waals surface area contributed by atoms with Gasteiger partial charge in [0.25, 0.3) is 0 Å². The highest BCUT2D eigenvalue weighted by Crippen LogP contribution is 2.43. The van der Waals surface area contributed by atoms with Crippen LogP contribution in [0.15, 0.2) is 24.3 Å². The lowest BCUT2D eigenvalue weighted by Crippen LogP contribution is -2.37. The molecule has 0 aliphatic carbocycles. The summed E-state index contributed by atoms with van der Waals surface area (Å²) in [7, 11) is 1.43. The molecule has 0 saturated carbocycles. The third kappa shape index (κ3) is 40.2. The number of unbranched alkanes of at least 4 members (excludes halogenated alkanes) is 25. The molecule has 0 fully saturated rings. The van der Waals surface area contributed by atoms with Crippen LogP contribution >= 0.6 is 7.82 Å². The van der Waals surface area contributed by atoms with Crippen LogP contribution in [0.4, 0.5) is 0 Å². The van der Waals surface area contributed by atoms with Gasteiger partial charge in [-0.15, -0.1) is 0 Å². The number of carbonyl (C=O) groups excluding carboxylic acids is 2. The summed E-state index contributed by atoms with van der Waals surface area (Å²) in [5, 5.41) is 0. The molecule has 0 rings (SSSR count). The molecule has 0 heterocycles. The van der Waals surface area contributed by atoms with Crippen LogP contribution in [0.25, 0.3) is 0 Å². The van der Waals surface area contributed by atoms with Crippen LogP contribution in [0.2, 0.25) is 0 Å². The fourth-order valence-electron chi connectivity index (χ4n) is 6.10. The Bertz CT molecular complexity index is 980. The molecule has 0 aliphatic heterocycles. The van der Waals surface area contributed by atoms with Gasteiger partial charge in [0.2, 0.25) is 0 Å². The maximum Gasteiger partial charge on any atom is 0.472 e. The number of nitrogens with zero attached hydrogens (tertiary/aromatic N) is 1. The Labute approximate surface area is 332 Å². The number of phosphoric ester groups is 1. The lowest BCUT2D eigenvalue weighted by molar-refractivity contribution is -0.870. The van der Waals surface area contributed by atoms with E-state index < -0.39 is 32.5 Å². The van der Waals surface area contributed by atoms with E-state index in [1.54, 1.807) is 6.08 Å². The molecule has 0 aromatic heterocycles. The standard InChI is InChI=1S/C44H84NO8P/c1-6-8-10-12-14-16-18-20-22-24-26-28-30-32-34-36-43(46)50-40-42(41-52-54(48,49)51-39-38-45(3,4)5)53-44(47)37-35-33-31-29-27-25-23-21-19-17-15-13-11-9-7-2/h31,33,35,37,42H,6-30,32,34,36,38-41H2,1-5H3/p+1/b33-31+,37-35+/t42-/m1/s1.